The van der Waals surface area contributed by atoms with Crippen molar-refractivity contribution in [3.8, 4) is 0 Å². The number of benzene rings is 2. The SMILES string of the molecule is CC[n+]1c(/C=C/c2cnn3c(=O)c4ccccc4n(C)c23)oc2ccccc21. The number of rotatable bonds is 3. The molecule has 0 bridgehead atoms. The van der Waals surface area contributed by atoms with Crippen molar-refractivity contribution in [2.75, 3.05) is 0 Å². The lowest BCUT2D eigenvalue weighted by molar-refractivity contribution is -0.674. The van der Waals surface area contributed by atoms with Gasteiger partial charge in [-0.15, -0.1) is 0 Å². The number of para-hydroxylation sites is 3. The third-order valence-electron chi connectivity index (χ3n) is 5.14. The van der Waals surface area contributed by atoms with Crippen LogP contribution >= 0.6 is 0 Å². The van der Waals surface area contributed by atoms with Gasteiger partial charge in [-0.1, -0.05) is 24.3 Å². The lowest BCUT2D eigenvalue weighted by atomic mass is 10.2. The predicted octanol–water partition coefficient (Wildman–Crippen LogP) is 3.41. The van der Waals surface area contributed by atoms with E-state index in [1.807, 2.05) is 72.3 Å². The minimum absolute atomic E-state index is 0.115. The molecular weight excluding hydrogens is 352 g/mol. The number of hydrogen-bond acceptors (Lipinski definition) is 3. The van der Waals surface area contributed by atoms with Crippen molar-refractivity contribution < 1.29 is 8.98 Å². The van der Waals surface area contributed by atoms with Gasteiger partial charge in [0.1, 0.15) is 12.2 Å². The van der Waals surface area contributed by atoms with Crippen LogP contribution in [0.5, 0.6) is 0 Å². The van der Waals surface area contributed by atoms with E-state index in [0.29, 0.717) is 5.39 Å². The van der Waals surface area contributed by atoms with Gasteiger partial charge in [-0.3, -0.25) is 4.79 Å². The Balaban J connectivity index is 1.70. The molecule has 0 amide bonds. The maximum absolute atomic E-state index is 12.8. The molecule has 138 valence electrons. The van der Waals surface area contributed by atoms with E-state index in [0.717, 1.165) is 40.3 Å². The maximum atomic E-state index is 12.8. The first-order chi connectivity index (χ1) is 13.7. The molecule has 5 aromatic rings. The summed E-state index contributed by atoms with van der Waals surface area (Å²) in [6, 6.07) is 15.5. The van der Waals surface area contributed by atoms with Crippen LogP contribution in [0.3, 0.4) is 0 Å². The molecule has 3 aromatic heterocycles. The van der Waals surface area contributed by atoms with Crippen LogP contribution in [0.25, 0.3) is 39.8 Å². The van der Waals surface area contributed by atoms with Crippen LogP contribution in [-0.2, 0) is 13.6 Å². The van der Waals surface area contributed by atoms with Crippen LogP contribution in [-0.4, -0.2) is 14.2 Å². The molecule has 2 aromatic carbocycles. The summed E-state index contributed by atoms with van der Waals surface area (Å²) >= 11 is 0. The largest absolute Gasteiger partial charge is 0.398 e. The molecule has 0 saturated heterocycles. The molecule has 0 radical (unpaired) electrons. The number of fused-ring (bicyclic) bond motifs is 3. The topological polar surface area (TPSA) is 56.3 Å². The van der Waals surface area contributed by atoms with Crippen molar-refractivity contribution in [2.24, 2.45) is 7.05 Å². The first-order valence-electron chi connectivity index (χ1n) is 9.24. The van der Waals surface area contributed by atoms with Gasteiger partial charge in [-0.05, 0) is 31.2 Å². The van der Waals surface area contributed by atoms with Crippen LogP contribution < -0.4 is 10.1 Å². The van der Waals surface area contributed by atoms with E-state index in [2.05, 4.69) is 16.6 Å². The second kappa shape index (κ2) is 6.20. The Morgan fingerprint density at radius 1 is 1.11 bits per heavy atom. The predicted molar refractivity (Wildman–Crippen MR) is 109 cm³/mol. The van der Waals surface area contributed by atoms with Crippen molar-refractivity contribution in [1.82, 2.24) is 14.2 Å². The van der Waals surface area contributed by atoms with Gasteiger partial charge in [-0.25, -0.2) is 0 Å². The molecule has 5 rings (SSSR count). The van der Waals surface area contributed by atoms with Gasteiger partial charge in [0.15, 0.2) is 0 Å². The van der Waals surface area contributed by atoms with Crippen molar-refractivity contribution in [2.45, 2.75) is 13.5 Å². The van der Waals surface area contributed by atoms with Gasteiger partial charge in [0, 0.05) is 18.7 Å². The Morgan fingerprint density at radius 3 is 2.75 bits per heavy atom. The summed E-state index contributed by atoms with van der Waals surface area (Å²) in [6.07, 6.45) is 5.59. The van der Waals surface area contributed by atoms with Crippen molar-refractivity contribution in [1.29, 1.82) is 0 Å². The molecule has 0 atom stereocenters. The highest BCUT2D eigenvalue weighted by atomic mass is 16.3. The van der Waals surface area contributed by atoms with E-state index < -0.39 is 0 Å². The number of aryl methyl sites for hydroxylation is 2. The van der Waals surface area contributed by atoms with E-state index in [4.69, 9.17) is 4.42 Å². The van der Waals surface area contributed by atoms with Gasteiger partial charge in [0.25, 0.3) is 11.1 Å². The summed E-state index contributed by atoms with van der Waals surface area (Å²) in [6.45, 7) is 2.89. The number of hydrogen-bond donors (Lipinski definition) is 0. The zero-order chi connectivity index (χ0) is 19.3. The maximum Gasteiger partial charge on any atom is 0.374 e. The van der Waals surface area contributed by atoms with Crippen LogP contribution in [0.4, 0.5) is 0 Å². The van der Waals surface area contributed by atoms with Gasteiger partial charge in [0.2, 0.25) is 5.58 Å². The fourth-order valence-electron chi connectivity index (χ4n) is 3.80. The molecule has 0 aliphatic carbocycles. The van der Waals surface area contributed by atoms with Crippen molar-refractivity contribution in [3.63, 3.8) is 0 Å². The van der Waals surface area contributed by atoms with E-state index in [-0.39, 0.29) is 5.56 Å². The summed E-state index contributed by atoms with van der Waals surface area (Å²) in [7, 11) is 1.95. The summed E-state index contributed by atoms with van der Waals surface area (Å²) in [5.74, 6) is 0.758. The normalized spacial score (nSPS) is 12.1. The molecular formula is C22H19N4O2+. The third kappa shape index (κ3) is 2.31. The Morgan fingerprint density at radius 2 is 1.89 bits per heavy atom. The second-order valence-electron chi connectivity index (χ2n) is 6.70. The Hall–Kier alpha value is -3.67. The Labute approximate surface area is 160 Å². The quantitative estimate of drug-likeness (QED) is 0.457. The lowest BCUT2D eigenvalue weighted by Gasteiger charge is -2.08. The first-order valence-corrected chi connectivity index (χ1v) is 9.24. The average Bonchev–Trinajstić information content (AvgIpc) is 3.31. The molecule has 0 aliphatic heterocycles. The fourth-order valence-corrected chi connectivity index (χ4v) is 3.80. The molecule has 0 saturated carbocycles. The van der Waals surface area contributed by atoms with Gasteiger partial charge in [0.05, 0.1) is 23.2 Å². The molecule has 0 spiro atoms. The first kappa shape index (κ1) is 16.5. The number of oxazole rings is 1. The smallest absolute Gasteiger partial charge is 0.374 e. The molecule has 28 heavy (non-hydrogen) atoms. The van der Waals surface area contributed by atoms with Crippen LogP contribution in [0.1, 0.15) is 18.4 Å². The molecule has 6 nitrogen and oxygen atoms in total. The van der Waals surface area contributed by atoms with Crippen molar-refractivity contribution in [3.05, 3.63) is 76.5 Å². The summed E-state index contributed by atoms with van der Waals surface area (Å²) in [4.78, 5) is 12.8. The zero-order valence-corrected chi connectivity index (χ0v) is 15.7. The van der Waals surface area contributed by atoms with Crippen LogP contribution in [0.15, 0.2) is 63.9 Å². The van der Waals surface area contributed by atoms with Crippen molar-refractivity contribution >= 4 is 39.8 Å². The summed E-state index contributed by atoms with van der Waals surface area (Å²) in [5, 5.41) is 4.97. The standard InChI is InChI=1S/C22H19N4O2/c1-3-25-18-10-6-7-11-19(18)28-20(25)13-12-15-14-23-26-21(15)24(2)17-9-5-4-8-16(17)22(26)27/h4-14H,3H2,1-2H3/q+1. The Bertz CT molecular complexity index is 1440. The van der Waals surface area contributed by atoms with Crippen LogP contribution in [0.2, 0.25) is 0 Å². The average molecular weight is 371 g/mol. The minimum Gasteiger partial charge on any atom is -0.398 e. The highest BCUT2D eigenvalue weighted by molar-refractivity contribution is 5.84. The molecule has 0 fully saturated rings. The molecule has 0 unspecified atom stereocenters. The molecule has 6 heteroatoms. The molecule has 0 N–H and O–H groups in total. The Kier molecular flexibility index (Phi) is 3.65. The third-order valence-corrected chi connectivity index (χ3v) is 5.14. The zero-order valence-electron chi connectivity index (χ0n) is 15.7. The molecule has 3 heterocycles. The van der Waals surface area contributed by atoms with Gasteiger partial charge < -0.3 is 8.98 Å². The number of aromatic nitrogens is 4. The van der Waals surface area contributed by atoms with E-state index >= 15 is 0 Å². The van der Waals surface area contributed by atoms with E-state index in [1.54, 1.807) is 6.20 Å². The van der Waals surface area contributed by atoms with Gasteiger partial charge >= 0.3 is 5.89 Å². The lowest BCUT2D eigenvalue weighted by Crippen LogP contribution is -2.33. The minimum atomic E-state index is -0.115. The monoisotopic (exact) mass is 371 g/mol. The summed E-state index contributed by atoms with van der Waals surface area (Å²) in [5.41, 5.74) is 4.27. The highest BCUT2D eigenvalue weighted by Crippen LogP contribution is 2.19. The fraction of sp³-hybridized carbons (Fsp3) is 0.136. The second-order valence-corrected chi connectivity index (χ2v) is 6.70. The van der Waals surface area contributed by atoms with E-state index in [9.17, 15) is 4.79 Å². The van der Waals surface area contributed by atoms with Gasteiger partial charge in [-0.2, -0.15) is 14.2 Å². The summed E-state index contributed by atoms with van der Waals surface area (Å²) < 4.78 is 11.6. The molecule has 0 aliphatic rings. The number of nitrogens with zero attached hydrogens (tertiary/aromatic N) is 4. The van der Waals surface area contributed by atoms with E-state index in [1.165, 1.54) is 4.52 Å². The van der Waals surface area contributed by atoms with Crippen LogP contribution in [0, 0.1) is 0 Å². The highest BCUT2D eigenvalue weighted by Gasteiger charge is 2.19.